The van der Waals surface area contributed by atoms with Crippen LogP contribution in [0.25, 0.3) is 0 Å². The van der Waals surface area contributed by atoms with Gasteiger partial charge in [0, 0.05) is 6.04 Å². The Labute approximate surface area is 96.3 Å². The highest BCUT2D eigenvalue weighted by Crippen LogP contribution is 2.34. The third kappa shape index (κ3) is 3.07. The summed E-state index contributed by atoms with van der Waals surface area (Å²) in [7, 11) is 0. The number of nitrogens with two attached hydrogens (primary N) is 1. The molecule has 0 bridgehead atoms. The fourth-order valence-corrected chi connectivity index (χ4v) is 1.72. The van der Waals surface area contributed by atoms with E-state index < -0.39 is 11.4 Å². The van der Waals surface area contributed by atoms with E-state index in [1.54, 1.807) is 0 Å². The van der Waals surface area contributed by atoms with Gasteiger partial charge in [0.15, 0.2) is 0 Å². The summed E-state index contributed by atoms with van der Waals surface area (Å²) in [6.07, 6.45) is 0.0715. The first-order valence-electron chi connectivity index (χ1n) is 5.37. The molecule has 0 spiro atoms. The van der Waals surface area contributed by atoms with Crippen LogP contribution >= 0.6 is 0 Å². The molecule has 3 heteroatoms. The van der Waals surface area contributed by atoms with Gasteiger partial charge in [0.1, 0.15) is 0 Å². The zero-order chi connectivity index (χ0) is 12.3. The average Bonchev–Trinajstić information content (AvgIpc) is 2.16. The predicted molar refractivity (Wildman–Crippen MR) is 64.1 cm³/mol. The molecular weight excluding hydrogens is 202 g/mol. The van der Waals surface area contributed by atoms with Crippen molar-refractivity contribution < 1.29 is 9.90 Å². The van der Waals surface area contributed by atoms with Crippen molar-refractivity contribution >= 4 is 5.97 Å². The summed E-state index contributed by atoms with van der Waals surface area (Å²) >= 11 is 0. The van der Waals surface area contributed by atoms with Crippen LogP contribution in [0.15, 0.2) is 24.3 Å². The Morgan fingerprint density at radius 2 is 1.88 bits per heavy atom. The number of carbonyl (C=O) groups is 1. The van der Waals surface area contributed by atoms with Crippen molar-refractivity contribution in [1.29, 1.82) is 0 Å². The molecule has 0 heterocycles. The Morgan fingerprint density at radius 3 is 2.31 bits per heavy atom. The van der Waals surface area contributed by atoms with E-state index in [1.165, 1.54) is 5.56 Å². The fourth-order valence-electron chi connectivity index (χ4n) is 1.72. The third-order valence-corrected chi connectivity index (χ3v) is 2.89. The summed E-state index contributed by atoms with van der Waals surface area (Å²) in [6, 6.07) is 7.65. The summed E-state index contributed by atoms with van der Waals surface area (Å²) in [5.74, 6) is -0.812. The van der Waals surface area contributed by atoms with E-state index in [4.69, 9.17) is 10.8 Å². The topological polar surface area (TPSA) is 63.3 Å². The van der Waals surface area contributed by atoms with Crippen molar-refractivity contribution in [3.05, 3.63) is 35.4 Å². The van der Waals surface area contributed by atoms with Gasteiger partial charge in [-0.1, -0.05) is 43.7 Å². The van der Waals surface area contributed by atoms with Gasteiger partial charge in [0.05, 0.1) is 6.42 Å². The largest absolute Gasteiger partial charge is 0.481 e. The van der Waals surface area contributed by atoms with E-state index in [2.05, 4.69) is 0 Å². The normalized spacial score (nSPS) is 13.5. The molecule has 0 saturated carbocycles. The maximum absolute atomic E-state index is 10.7. The SMILES string of the molecule is Cc1ccc(C(N)C(C)(C)CC(=O)O)cc1. The van der Waals surface area contributed by atoms with Gasteiger partial charge in [0.2, 0.25) is 0 Å². The zero-order valence-electron chi connectivity index (χ0n) is 10.0. The molecule has 0 aliphatic rings. The zero-order valence-corrected chi connectivity index (χ0v) is 10.0. The molecule has 0 radical (unpaired) electrons. The van der Waals surface area contributed by atoms with Crippen molar-refractivity contribution in [2.45, 2.75) is 33.2 Å². The van der Waals surface area contributed by atoms with E-state index in [0.29, 0.717) is 0 Å². The van der Waals surface area contributed by atoms with Crippen molar-refractivity contribution in [1.82, 2.24) is 0 Å². The minimum absolute atomic E-state index is 0.0715. The Morgan fingerprint density at radius 1 is 1.38 bits per heavy atom. The second-order valence-electron chi connectivity index (χ2n) is 4.95. The maximum atomic E-state index is 10.7. The molecule has 1 aromatic rings. The quantitative estimate of drug-likeness (QED) is 0.821. The molecule has 88 valence electrons. The number of carboxylic acid groups (broad SMARTS) is 1. The molecule has 3 N–H and O–H groups in total. The monoisotopic (exact) mass is 221 g/mol. The molecule has 3 nitrogen and oxygen atoms in total. The minimum Gasteiger partial charge on any atom is -0.481 e. The second-order valence-corrected chi connectivity index (χ2v) is 4.95. The number of aliphatic carboxylic acids is 1. The smallest absolute Gasteiger partial charge is 0.303 e. The molecule has 1 atom stereocenters. The van der Waals surface area contributed by atoms with Crippen LogP contribution in [0.4, 0.5) is 0 Å². The van der Waals surface area contributed by atoms with E-state index in [9.17, 15) is 4.79 Å². The van der Waals surface area contributed by atoms with E-state index in [-0.39, 0.29) is 12.5 Å². The van der Waals surface area contributed by atoms with Crippen molar-refractivity contribution in [2.24, 2.45) is 11.1 Å². The van der Waals surface area contributed by atoms with Gasteiger partial charge in [-0.25, -0.2) is 0 Å². The number of rotatable bonds is 4. The standard InChI is InChI=1S/C13H19NO2/c1-9-4-6-10(7-5-9)12(14)13(2,3)8-11(15)16/h4-7,12H,8,14H2,1-3H3,(H,15,16). The summed E-state index contributed by atoms with van der Waals surface area (Å²) in [5.41, 5.74) is 7.82. The first kappa shape index (κ1) is 12.7. The first-order chi connectivity index (χ1) is 7.33. The molecule has 0 fully saturated rings. The van der Waals surface area contributed by atoms with Crippen LogP contribution in [-0.2, 0) is 4.79 Å². The third-order valence-electron chi connectivity index (χ3n) is 2.89. The summed E-state index contributed by atoms with van der Waals surface area (Å²) in [4.78, 5) is 10.7. The van der Waals surface area contributed by atoms with E-state index in [1.807, 2.05) is 45.0 Å². The summed E-state index contributed by atoms with van der Waals surface area (Å²) < 4.78 is 0. The highest BCUT2D eigenvalue weighted by molar-refractivity contribution is 5.67. The minimum atomic E-state index is -0.812. The fraction of sp³-hybridized carbons (Fsp3) is 0.462. The molecule has 0 aliphatic heterocycles. The van der Waals surface area contributed by atoms with E-state index >= 15 is 0 Å². The highest BCUT2D eigenvalue weighted by atomic mass is 16.4. The summed E-state index contributed by atoms with van der Waals surface area (Å²) in [6.45, 7) is 5.77. The molecule has 1 rings (SSSR count). The van der Waals surface area contributed by atoms with Crippen molar-refractivity contribution in [3.8, 4) is 0 Å². The van der Waals surface area contributed by atoms with E-state index in [0.717, 1.165) is 5.56 Å². The molecule has 1 unspecified atom stereocenters. The number of carboxylic acids is 1. The lowest BCUT2D eigenvalue weighted by Gasteiger charge is -2.30. The maximum Gasteiger partial charge on any atom is 0.303 e. The van der Waals surface area contributed by atoms with Gasteiger partial charge in [-0.2, -0.15) is 0 Å². The van der Waals surface area contributed by atoms with Gasteiger partial charge >= 0.3 is 5.97 Å². The molecule has 0 aliphatic carbocycles. The van der Waals surface area contributed by atoms with Crippen LogP contribution in [0, 0.1) is 12.3 Å². The second kappa shape index (κ2) is 4.66. The lowest BCUT2D eigenvalue weighted by Crippen LogP contribution is -2.31. The van der Waals surface area contributed by atoms with Gasteiger partial charge in [-0.05, 0) is 17.9 Å². The molecule has 0 amide bonds. The Balaban J connectivity index is 2.88. The molecule has 16 heavy (non-hydrogen) atoms. The molecule has 1 aromatic carbocycles. The number of hydrogen-bond acceptors (Lipinski definition) is 2. The van der Waals surface area contributed by atoms with Crippen LogP contribution < -0.4 is 5.73 Å². The van der Waals surface area contributed by atoms with Crippen LogP contribution in [0.1, 0.15) is 37.4 Å². The van der Waals surface area contributed by atoms with Gasteiger partial charge < -0.3 is 10.8 Å². The number of aryl methyl sites for hydroxylation is 1. The van der Waals surface area contributed by atoms with Gasteiger partial charge in [-0.15, -0.1) is 0 Å². The molecule has 0 saturated heterocycles. The van der Waals surface area contributed by atoms with Crippen LogP contribution in [0.2, 0.25) is 0 Å². The van der Waals surface area contributed by atoms with Gasteiger partial charge in [0.25, 0.3) is 0 Å². The van der Waals surface area contributed by atoms with Crippen molar-refractivity contribution in [3.63, 3.8) is 0 Å². The van der Waals surface area contributed by atoms with Crippen LogP contribution in [0.5, 0.6) is 0 Å². The number of hydrogen-bond donors (Lipinski definition) is 2. The Hall–Kier alpha value is -1.35. The average molecular weight is 221 g/mol. The molecular formula is C13H19NO2. The van der Waals surface area contributed by atoms with Crippen molar-refractivity contribution in [2.75, 3.05) is 0 Å². The predicted octanol–water partition coefficient (Wildman–Crippen LogP) is 2.50. The lowest BCUT2D eigenvalue weighted by molar-refractivity contribution is -0.139. The Bertz CT molecular complexity index is 368. The Kier molecular flexibility index (Phi) is 3.70. The lowest BCUT2D eigenvalue weighted by atomic mass is 9.78. The first-order valence-corrected chi connectivity index (χ1v) is 5.37. The van der Waals surface area contributed by atoms with Crippen LogP contribution in [-0.4, -0.2) is 11.1 Å². The summed E-state index contributed by atoms with van der Waals surface area (Å²) in [5, 5.41) is 8.83. The highest BCUT2D eigenvalue weighted by Gasteiger charge is 2.30. The molecule has 0 aromatic heterocycles. The number of benzene rings is 1. The van der Waals surface area contributed by atoms with Gasteiger partial charge in [-0.3, -0.25) is 4.79 Å². The van der Waals surface area contributed by atoms with Crippen LogP contribution in [0.3, 0.4) is 0 Å².